The molecule has 0 heterocycles. The Morgan fingerprint density at radius 2 is 2.00 bits per heavy atom. The first-order valence-corrected chi connectivity index (χ1v) is 5.18. The van der Waals surface area contributed by atoms with Crippen LogP contribution in [0.15, 0.2) is 12.1 Å². The highest BCUT2D eigenvalue weighted by Gasteiger charge is 2.05. The minimum absolute atomic E-state index is 0.616. The van der Waals surface area contributed by atoms with Gasteiger partial charge in [-0.15, -0.1) is 11.6 Å². The molecule has 0 radical (unpaired) electrons. The van der Waals surface area contributed by atoms with E-state index in [1.54, 1.807) is 7.11 Å². The molecular formula is C11H16ClNO. The van der Waals surface area contributed by atoms with Gasteiger partial charge in [0.15, 0.2) is 0 Å². The Kier molecular flexibility index (Phi) is 4.08. The van der Waals surface area contributed by atoms with Crippen LogP contribution in [-0.2, 0) is 0 Å². The second kappa shape index (κ2) is 5.11. The van der Waals surface area contributed by atoms with Crippen molar-refractivity contribution in [2.75, 3.05) is 24.9 Å². The lowest BCUT2D eigenvalue weighted by atomic mass is 10.1. The van der Waals surface area contributed by atoms with Gasteiger partial charge in [-0.1, -0.05) is 0 Å². The van der Waals surface area contributed by atoms with Crippen molar-refractivity contribution in [1.82, 2.24) is 0 Å². The first-order valence-electron chi connectivity index (χ1n) is 4.64. The van der Waals surface area contributed by atoms with Gasteiger partial charge in [0.05, 0.1) is 7.11 Å². The maximum absolute atomic E-state index is 5.61. The number of methoxy groups -OCH3 is 1. The summed E-state index contributed by atoms with van der Waals surface area (Å²) in [6, 6.07) is 3.99. The van der Waals surface area contributed by atoms with E-state index in [1.165, 1.54) is 11.1 Å². The Balaban J connectivity index is 2.92. The number of ether oxygens (including phenoxy) is 1. The number of hydrogen-bond donors (Lipinski definition) is 1. The quantitative estimate of drug-likeness (QED) is 0.777. The highest BCUT2D eigenvalue weighted by molar-refractivity contribution is 6.18. The van der Waals surface area contributed by atoms with Crippen LogP contribution in [0, 0.1) is 13.8 Å². The van der Waals surface area contributed by atoms with Gasteiger partial charge in [-0.3, -0.25) is 0 Å². The summed E-state index contributed by atoms with van der Waals surface area (Å²) in [5, 5.41) is 3.27. The third-order valence-corrected chi connectivity index (χ3v) is 2.56. The first kappa shape index (κ1) is 11.2. The predicted octanol–water partition coefficient (Wildman–Crippen LogP) is 2.96. The highest BCUT2D eigenvalue weighted by Crippen LogP contribution is 2.26. The van der Waals surface area contributed by atoms with Crippen molar-refractivity contribution in [3.8, 4) is 5.75 Å². The van der Waals surface area contributed by atoms with E-state index in [0.29, 0.717) is 5.88 Å². The largest absolute Gasteiger partial charge is 0.496 e. The Morgan fingerprint density at radius 3 is 2.57 bits per heavy atom. The van der Waals surface area contributed by atoms with Crippen molar-refractivity contribution in [3.05, 3.63) is 23.3 Å². The van der Waals surface area contributed by atoms with E-state index in [0.717, 1.165) is 18.0 Å². The van der Waals surface area contributed by atoms with Gasteiger partial charge in [-0.2, -0.15) is 0 Å². The summed E-state index contributed by atoms with van der Waals surface area (Å²) >= 11 is 5.61. The molecule has 0 spiro atoms. The molecule has 1 N–H and O–H groups in total. The number of halogens is 1. The molecule has 0 aliphatic rings. The van der Waals surface area contributed by atoms with Crippen molar-refractivity contribution >= 4 is 17.3 Å². The molecule has 0 aromatic heterocycles. The van der Waals surface area contributed by atoms with Crippen LogP contribution in [0.25, 0.3) is 0 Å². The van der Waals surface area contributed by atoms with Crippen LogP contribution >= 0.6 is 11.6 Å². The molecule has 0 aliphatic carbocycles. The Labute approximate surface area is 90.2 Å². The summed E-state index contributed by atoms with van der Waals surface area (Å²) in [6.45, 7) is 4.92. The van der Waals surface area contributed by atoms with E-state index in [1.807, 2.05) is 12.1 Å². The van der Waals surface area contributed by atoms with E-state index >= 15 is 0 Å². The number of rotatable bonds is 4. The summed E-state index contributed by atoms with van der Waals surface area (Å²) < 4.78 is 5.23. The minimum Gasteiger partial charge on any atom is -0.496 e. The maximum atomic E-state index is 5.61. The molecule has 3 heteroatoms. The first-order chi connectivity index (χ1) is 6.70. The predicted molar refractivity (Wildman–Crippen MR) is 61.7 cm³/mol. The summed E-state index contributed by atoms with van der Waals surface area (Å²) in [7, 11) is 1.69. The number of nitrogens with one attached hydrogen (secondary N) is 1. The summed E-state index contributed by atoms with van der Waals surface area (Å²) in [5.41, 5.74) is 3.52. The van der Waals surface area contributed by atoms with Gasteiger partial charge < -0.3 is 10.1 Å². The molecule has 1 aromatic carbocycles. The van der Waals surface area contributed by atoms with E-state index in [2.05, 4.69) is 19.2 Å². The number of benzene rings is 1. The normalized spacial score (nSPS) is 10.0. The van der Waals surface area contributed by atoms with Crippen molar-refractivity contribution in [2.45, 2.75) is 13.8 Å². The van der Waals surface area contributed by atoms with Gasteiger partial charge in [0.2, 0.25) is 0 Å². The molecule has 0 atom stereocenters. The zero-order valence-electron chi connectivity index (χ0n) is 8.86. The Hall–Kier alpha value is -0.890. The molecule has 2 nitrogen and oxygen atoms in total. The second-order valence-electron chi connectivity index (χ2n) is 3.18. The topological polar surface area (TPSA) is 21.3 Å². The molecule has 0 fully saturated rings. The second-order valence-corrected chi connectivity index (χ2v) is 3.56. The molecule has 1 aromatic rings. The van der Waals surface area contributed by atoms with Gasteiger partial charge >= 0.3 is 0 Å². The van der Waals surface area contributed by atoms with Crippen LogP contribution in [-0.4, -0.2) is 19.5 Å². The summed E-state index contributed by atoms with van der Waals surface area (Å²) in [5.74, 6) is 1.55. The average Bonchev–Trinajstić information content (AvgIpc) is 2.20. The van der Waals surface area contributed by atoms with Crippen molar-refractivity contribution in [1.29, 1.82) is 0 Å². The number of alkyl halides is 1. The van der Waals surface area contributed by atoms with E-state index in [-0.39, 0.29) is 0 Å². The fourth-order valence-electron chi connectivity index (χ4n) is 1.39. The SMILES string of the molecule is COc1ccc(NCCCl)c(C)c1C. The van der Waals surface area contributed by atoms with Gasteiger partial charge in [-0.25, -0.2) is 0 Å². The molecular weight excluding hydrogens is 198 g/mol. The van der Waals surface area contributed by atoms with Crippen LogP contribution in [0.4, 0.5) is 5.69 Å². The van der Waals surface area contributed by atoms with Crippen molar-refractivity contribution in [3.63, 3.8) is 0 Å². The number of anilines is 1. The van der Waals surface area contributed by atoms with E-state index < -0.39 is 0 Å². The zero-order valence-corrected chi connectivity index (χ0v) is 9.61. The van der Waals surface area contributed by atoms with Gasteiger partial charge in [0.1, 0.15) is 5.75 Å². The van der Waals surface area contributed by atoms with E-state index in [9.17, 15) is 0 Å². The van der Waals surface area contributed by atoms with Gasteiger partial charge in [0, 0.05) is 18.1 Å². The third kappa shape index (κ3) is 2.32. The lowest BCUT2D eigenvalue weighted by Gasteiger charge is -2.13. The van der Waals surface area contributed by atoms with Crippen LogP contribution in [0.5, 0.6) is 5.75 Å². The Bertz CT molecular complexity index is 312. The lowest BCUT2D eigenvalue weighted by molar-refractivity contribution is 0.411. The van der Waals surface area contributed by atoms with Crippen LogP contribution < -0.4 is 10.1 Å². The molecule has 0 aliphatic heterocycles. The molecule has 0 amide bonds. The fourth-order valence-corrected chi connectivity index (χ4v) is 1.48. The zero-order chi connectivity index (χ0) is 10.6. The summed E-state index contributed by atoms with van der Waals surface area (Å²) in [6.07, 6.45) is 0. The monoisotopic (exact) mass is 213 g/mol. The third-order valence-electron chi connectivity index (χ3n) is 2.37. The van der Waals surface area contributed by atoms with Crippen molar-refractivity contribution < 1.29 is 4.74 Å². The molecule has 14 heavy (non-hydrogen) atoms. The Morgan fingerprint density at radius 1 is 1.29 bits per heavy atom. The van der Waals surface area contributed by atoms with Gasteiger partial charge in [-0.05, 0) is 37.1 Å². The fraction of sp³-hybridized carbons (Fsp3) is 0.455. The number of hydrogen-bond acceptors (Lipinski definition) is 2. The smallest absolute Gasteiger partial charge is 0.122 e. The molecule has 1 rings (SSSR count). The minimum atomic E-state index is 0.616. The maximum Gasteiger partial charge on any atom is 0.122 e. The standard InChI is InChI=1S/C11H16ClNO/c1-8-9(2)11(14-3)5-4-10(8)13-7-6-12/h4-5,13H,6-7H2,1-3H3. The van der Waals surface area contributed by atoms with Crippen LogP contribution in [0.2, 0.25) is 0 Å². The molecule has 0 saturated carbocycles. The molecule has 78 valence electrons. The molecule has 0 bridgehead atoms. The molecule has 0 saturated heterocycles. The average molecular weight is 214 g/mol. The molecule has 0 unspecified atom stereocenters. The lowest BCUT2D eigenvalue weighted by Crippen LogP contribution is -2.05. The highest BCUT2D eigenvalue weighted by atomic mass is 35.5. The van der Waals surface area contributed by atoms with Crippen LogP contribution in [0.3, 0.4) is 0 Å². The van der Waals surface area contributed by atoms with Crippen molar-refractivity contribution in [2.24, 2.45) is 0 Å². The van der Waals surface area contributed by atoms with Gasteiger partial charge in [0.25, 0.3) is 0 Å². The van der Waals surface area contributed by atoms with Crippen LogP contribution in [0.1, 0.15) is 11.1 Å². The summed E-state index contributed by atoms with van der Waals surface area (Å²) in [4.78, 5) is 0. The van der Waals surface area contributed by atoms with E-state index in [4.69, 9.17) is 16.3 Å².